The summed E-state index contributed by atoms with van der Waals surface area (Å²) >= 11 is 6.37. The second-order valence-electron chi connectivity index (χ2n) is 5.96. The Kier molecular flexibility index (Phi) is 2.45. The molecule has 1 aromatic carbocycles. The highest BCUT2D eigenvalue weighted by molar-refractivity contribution is 6.35. The Morgan fingerprint density at radius 2 is 2.11 bits per heavy atom. The van der Waals surface area contributed by atoms with Crippen LogP contribution in [0, 0.1) is 0 Å². The zero-order chi connectivity index (χ0) is 13.0. The standard InChI is InChI=1S/C15H17ClN2O/c16-11-8-9(12-3-1-2-6-17-12)7-10-13(11)18-14(19)15(10)4-5-15/h7-8,12,17H,1-6H2,(H,18,19). The minimum atomic E-state index is -0.246. The van der Waals surface area contributed by atoms with E-state index in [4.69, 9.17) is 11.6 Å². The first-order valence-electron chi connectivity index (χ1n) is 7.09. The number of benzene rings is 1. The number of piperidine rings is 1. The summed E-state index contributed by atoms with van der Waals surface area (Å²) in [7, 11) is 0. The van der Waals surface area contributed by atoms with Gasteiger partial charge in [0.25, 0.3) is 0 Å². The van der Waals surface area contributed by atoms with Crippen molar-refractivity contribution in [3.8, 4) is 0 Å². The highest BCUT2D eigenvalue weighted by atomic mass is 35.5. The highest BCUT2D eigenvalue weighted by Crippen LogP contribution is 2.57. The third-order valence-corrected chi connectivity index (χ3v) is 5.06. The van der Waals surface area contributed by atoms with Crippen molar-refractivity contribution in [1.29, 1.82) is 0 Å². The Balaban J connectivity index is 1.78. The molecule has 0 bridgehead atoms. The maximum atomic E-state index is 12.1. The van der Waals surface area contributed by atoms with Crippen molar-refractivity contribution in [1.82, 2.24) is 5.32 Å². The molecule has 1 aromatic rings. The maximum absolute atomic E-state index is 12.1. The first kappa shape index (κ1) is 11.7. The van der Waals surface area contributed by atoms with Crippen LogP contribution in [0.4, 0.5) is 5.69 Å². The fraction of sp³-hybridized carbons (Fsp3) is 0.533. The SMILES string of the molecule is O=C1Nc2c(Cl)cc(C3CCCCN3)cc2C12CC2. The number of carbonyl (C=O) groups excluding carboxylic acids is 1. The van der Waals surface area contributed by atoms with Gasteiger partial charge in [0, 0.05) is 6.04 Å². The number of rotatable bonds is 1. The van der Waals surface area contributed by atoms with Crippen molar-refractivity contribution >= 4 is 23.2 Å². The number of hydrogen-bond donors (Lipinski definition) is 2. The molecule has 1 saturated carbocycles. The second-order valence-corrected chi connectivity index (χ2v) is 6.37. The van der Waals surface area contributed by atoms with Crippen LogP contribution in [0.25, 0.3) is 0 Å². The fourth-order valence-corrected chi connectivity index (χ4v) is 3.72. The molecular formula is C15H17ClN2O. The van der Waals surface area contributed by atoms with Crippen LogP contribution < -0.4 is 10.6 Å². The smallest absolute Gasteiger partial charge is 0.235 e. The Morgan fingerprint density at radius 3 is 2.79 bits per heavy atom. The van der Waals surface area contributed by atoms with Crippen LogP contribution in [-0.4, -0.2) is 12.5 Å². The van der Waals surface area contributed by atoms with Gasteiger partial charge in [-0.15, -0.1) is 0 Å². The molecule has 100 valence electrons. The first-order chi connectivity index (χ1) is 9.21. The largest absolute Gasteiger partial charge is 0.324 e. The number of halogens is 1. The average Bonchev–Trinajstić information content (AvgIpc) is 3.17. The van der Waals surface area contributed by atoms with Gasteiger partial charge in [0.2, 0.25) is 5.91 Å². The lowest BCUT2D eigenvalue weighted by Crippen LogP contribution is -2.27. The lowest BCUT2D eigenvalue weighted by molar-refractivity contribution is -0.117. The Bertz CT molecular complexity index is 560. The number of carbonyl (C=O) groups is 1. The molecule has 1 unspecified atom stereocenters. The number of nitrogens with one attached hydrogen (secondary N) is 2. The number of fused-ring (bicyclic) bond motifs is 2. The number of hydrogen-bond acceptors (Lipinski definition) is 2. The van der Waals surface area contributed by atoms with Gasteiger partial charge in [-0.1, -0.05) is 24.1 Å². The minimum Gasteiger partial charge on any atom is -0.324 e. The molecule has 3 aliphatic rings. The van der Waals surface area contributed by atoms with E-state index in [0.717, 1.165) is 37.1 Å². The van der Waals surface area contributed by atoms with Crippen LogP contribution in [-0.2, 0) is 10.2 Å². The molecule has 1 atom stereocenters. The van der Waals surface area contributed by atoms with Gasteiger partial charge in [-0.25, -0.2) is 0 Å². The summed E-state index contributed by atoms with van der Waals surface area (Å²) in [5.74, 6) is 0.137. The van der Waals surface area contributed by atoms with Gasteiger partial charge in [-0.3, -0.25) is 4.79 Å². The van der Waals surface area contributed by atoms with E-state index in [-0.39, 0.29) is 11.3 Å². The van der Waals surface area contributed by atoms with Gasteiger partial charge >= 0.3 is 0 Å². The van der Waals surface area contributed by atoms with Crippen molar-refractivity contribution < 1.29 is 4.79 Å². The van der Waals surface area contributed by atoms with Crippen molar-refractivity contribution in [3.63, 3.8) is 0 Å². The first-order valence-corrected chi connectivity index (χ1v) is 7.47. The second kappa shape index (κ2) is 3.97. The Morgan fingerprint density at radius 1 is 1.26 bits per heavy atom. The van der Waals surface area contributed by atoms with Crippen LogP contribution >= 0.6 is 11.6 Å². The Labute approximate surface area is 117 Å². The minimum absolute atomic E-state index is 0.137. The van der Waals surface area contributed by atoms with Crippen LogP contribution in [0.5, 0.6) is 0 Å². The molecule has 1 spiro atoms. The van der Waals surface area contributed by atoms with Crippen LogP contribution in [0.15, 0.2) is 12.1 Å². The van der Waals surface area contributed by atoms with E-state index in [0.29, 0.717) is 11.1 Å². The van der Waals surface area contributed by atoms with E-state index in [1.807, 2.05) is 6.07 Å². The van der Waals surface area contributed by atoms with Crippen molar-refractivity contribution in [2.24, 2.45) is 0 Å². The normalized spacial score (nSPS) is 27.2. The topological polar surface area (TPSA) is 41.1 Å². The number of anilines is 1. The number of amides is 1. The summed E-state index contributed by atoms with van der Waals surface area (Å²) in [6.07, 6.45) is 5.59. The van der Waals surface area contributed by atoms with E-state index in [2.05, 4.69) is 16.7 Å². The van der Waals surface area contributed by atoms with Crippen LogP contribution in [0.1, 0.15) is 49.3 Å². The van der Waals surface area contributed by atoms with E-state index in [9.17, 15) is 4.79 Å². The average molecular weight is 277 g/mol. The third kappa shape index (κ3) is 1.65. The van der Waals surface area contributed by atoms with Gasteiger partial charge in [-0.05, 0) is 49.4 Å². The van der Waals surface area contributed by atoms with E-state index < -0.39 is 0 Å². The van der Waals surface area contributed by atoms with Gasteiger partial charge in [0.1, 0.15) is 0 Å². The molecular weight excluding hydrogens is 260 g/mol. The molecule has 2 fully saturated rings. The molecule has 1 saturated heterocycles. The molecule has 3 nitrogen and oxygen atoms in total. The summed E-state index contributed by atoms with van der Waals surface area (Å²) in [5.41, 5.74) is 2.98. The molecule has 4 heteroatoms. The van der Waals surface area contributed by atoms with Gasteiger partial charge in [0.15, 0.2) is 0 Å². The zero-order valence-electron chi connectivity index (χ0n) is 10.8. The van der Waals surface area contributed by atoms with Crippen molar-refractivity contribution in [2.45, 2.75) is 43.6 Å². The van der Waals surface area contributed by atoms with E-state index >= 15 is 0 Å². The van der Waals surface area contributed by atoms with Gasteiger partial charge < -0.3 is 10.6 Å². The van der Waals surface area contributed by atoms with E-state index in [1.54, 1.807) is 0 Å². The molecule has 2 heterocycles. The zero-order valence-corrected chi connectivity index (χ0v) is 11.5. The van der Waals surface area contributed by atoms with Gasteiger partial charge in [0.05, 0.1) is 16.1 Å². The van der Waals surface area contributed by atoms with E-state index in [1.165, 1.54) is 18.4 Å². The summed E-state index contributed by atoms with van der Waals surface area (Å²) in [6.45, 7) is 1.07. The fourth-order valence-electron chi connectivity index (χ4n) is 3.45. The monoisotopic (exact) mass is 276 g/mol. The summed E-state index contributed by atoms with van der Waals surface area (Å²) < 4.78 is 0. The maximum Gasteiger partial charge on any atom is 0.235 e. The molecule has 2 aliphatic heterocycles. The molecule has 1 amide bonds. The van der Waals surface area contributed by atoms with Crippen molar-refractivity contribution in [3.05, 3.63) is 28.3 Å². The molecule has 0 radical (unpaired) electrons. The summed E-state index contributed by atoms with van der Waals surface area (Å²) in [5, 5.41) is 7.20. The predicted molar refractivity (Wildman–Crippen MR) is 75.6 cm³/mol. The highest BCUT2D eigenvalue weighted by Gasteiger charge is 2.56. The lowest BCUT2D eigenvalue weighted by Gasteiger charge is -2.25. The molecule has 19 heavy (non-hydrogen) atoms. The van der Waals surface area contributed by atoms with Gasteiger partial charge in [-0.2, -0.15) is 0 Å². The van der Waals surface area contributed by atoms with Crippen LogP contribution in [0.2, 0.25) is 5.02 Å². The van der Waals surface area contributed by atoms with Crippen molar-refractivity contribution in [2.75, 3.05) is 11.9 Å². The lowest BCUT2D eigenvalue weighted by atomic mass is 9.91. The Hall–Kier alpha value is -1.06. The third-order valence-electron chi connectivity index (χ3n) is 4.76. The molecule has 1 aliphatic carbocycles. The predicted octanol–water partition coefficient (Wildman–Crippen LogP) is 3.14. The molecule has 0 aromatic heterocycles. The quantitative estimate of drug-likeness (QED) is 0.827. The molecule has 4 rings (SSSR count). The summed E-state index contributed by atoms with van der Waals surface area (Å²) in [4.78, 5) is 12.1. The molecule has 2 N–H and O–H groups in total. The summed E-state index contributed by atoms with van der Waals surface area (Å²) in [6, 6.07) is 4.61. The van der Waals surface area contributed by atoms with Crippen LogP contribution in [0.3, 0.4) is 0 Å².